The van der Waals surface area contributed by atoms with Gasteiger partial charge in [0.1, 0.15) is 0 Å². The molecule has 0 saturated carbocycles. The fourth-order valence-electron chi connectivity index (χ4n) is 2.41. The summed E-state index contributed by atoms with van der Waals surface area (Å²) in [6.07, 6.45) is 1.15. The van der Waals surface area contributed by atoms with Gasteiger partial charge in [-0.25, -0.2) is 0 Å². The molecule has 0 aliphatic heterocycles. The Morgan fingerprint density at radius 3 is 2.10 bits per heavy atom. The SMILES string of the molecule is CC(Cc1ccc(Sc2ccccc2)cc1)CN(C)C. The van der Waals surface area contributed by atoms with E-state index in [9.17, 15) is 0 Å². The van der Waals surface area contributed by atoms with Crippen molar-refractivity contribution in [3.05, 3.63) is 60.2 Å². The number of hydrogen-bond donors (Lipinski definition) is 0. The predicted octanol–water partition coefficient (Wildman–Crippen LogP) is 4.58. The normalized spacial score (nSPS) is 12.6. The average Bonchev–Trinajstić information content (AvgIpc) is 2.41. The van der Waals surface area contributed by atoms with E-state index < -0.39 is 0 Å². The van der Waals surface area contributed by atoms with Crippen molar-refractivity contribution in [2.75, 3.05) is 20.6 Å². The molecule has 0 amide bonds. The molecule has 0 spiro atoms. The Labute approximate surface area is 127 Å². The number of nitrogens with zero attached hydrogens (tertiary/aromatic N) is 1. The summed E-state index contributed by atoms with van der Waals surface area (Å²) < 4.78 is 0. The second-order valence-electron chi connectivity index (χ2n) is 5.63. The quantitative estimate of drug-likeness (QED) is 0.764. The van der Waals surface area contributed by atoms with E-state index in [1.165, 1.54) is 15.4 Å². The lowest BCUT2D eigenvalue weighted by atomic mass is 10.0. The molecule has 0 saturated heterocycles. The van der Waals surface area contributed by atoms with Gasteiger partial charge in [0.25, 0.3) is 0 Å². The van der Waals surface area contributed by atoms with Gasteiger partial charge in [-0.05, 0) is 56.3 Å². The van der Waals surface area contributed by atoms with Crippen molar-refractivity contribution in [3.8, 4) is 0 Å². The highest BCUT2D eigenvalue weighted by Crippen LogP contribution is 2.27. The lowest BCUT2D eigenvalue weighted by molar-refractivity contribution is 0.338. The predicted molar refractivity (Wildman–Crippen MR) is 88.4 cm³/mol. The van der Waals surface area contributed by atoms with E-state index in [0.717, 1.165) is 13.0 Å². The molecule has 106 valence electrons. The molecule has 0 aliphatic rings. The molecule has 1 nitrogen and oxygen atoms in total. The van der Waals surface area contributed by atoms with Crippen LogP contribution < -0.4 is 0 Å². The van der Waals surface area contributed by atoms with Crippen LogP contribution in [0, 0.1) is 5.92 Å². The molecule has 0 bridgehead atoms. The molecule has 2 heteroatoms. The fourth-order valence-corrected chi connectivity index (χ4v) is 3.25. The summed E-state index contributed by atoms with van der Waals surface area (Å²) in [5.74, 6) is 0.692. The van der Waals surface area contributed by atoms with E-state index in [1.54, 1.807) is 0 Å². The van der Waals surface area contributed by atoms with Crippen LogP contribution in [-0.2, 0) is 6.42 Å². The maximum absolute atomic E-state index is 2.31. The van der Waals surface area contributed by atoms with Gasteiger partial charge in [0, 0.05) is 16.3 Å². The van der Waals surface area contributed by atoms with Crippen LogP contribution in [0.25, 0.3) is 0 Å². The summed E-state index contributed by atoms with van der Waals surface area (Å²) in [6.45, 7) is 3.45. The first-order chi connectivity index (χ1) is 9.63. The highest BCUT2D eigenvalue weighted by Gasteiger charge is 2.05. The summed E-state index contributed by atoms with van der Waals surface area (Å²) in [7, 11) is 4.27. The Kier molecular flexibility index (Phi) is 5.69. The molecule has 0 N–H and O–H groups in total. The average molecular weight is 285 g/mol. The van der Waals surface area contributed by atoms with Gasteiger partial charge in [0.2, 0.25) is 0 Å². The Balaban J connectivity index is 1.93. The fraction of sp³-hybridized carbons (Fsp3) is 0.333. The van der Waals surface area contributed by atoms with Gasteiger partial charge in [0.15, 0.2) is 0 Å². The van der Waals surface area contributed by atoms with Crippen molar-refractivity contribution >= 4 is 11.8 Å². The zero-order chi connectivity index (χ0) is 14.4. The molecule has 0 aromatic heterocycles. The Morgan fingerprint density at radius 1 is 0.900 bits per heavy atom. The topological polar surface area (TPSA) is 3.24 Å². The lowest BCUT2D eigenvalue weighted by Gasteiger charge is -2.16. The van der Waals surface area contributed by atoms with Crippen LogP contribution >= 0.6 is 11.8 Å². The van der Waals surface area contributed by atoms with Crippen LogP contribution in [0.15, 0.2) is 64.4 Å². The third-order valence-corrected chi connectivity index (χ3v) is 4.18. The molecule has 2 aromatic rings. The van der Waals surface area contributed by atoms with E-state index in [1.807, 2.05) is 11.8 Å². The monoisotopic (exact) mass is 285 g/mol. The minimum atomic E-state index is 0.692. The molecular formula is C18H23NS. The summed E-state index contributed by atoms with van der Waals surface area (Å²) in [5, 5.41) is 0. The Hall–Kier alpha value is -1.25. The Morgan fingerprint density at radius 2 is 1.50 bits per heavy atom. The molecule has 1 unspecified atom stereocenters. The first-order valence-corrected chi connectivity index (χ1v) is 7.91. The number of rotatable bonds is 6. The second kappa shape index (κ2) is 7.51. The first kappa shape index (κ1) is 15.1. The molecule has 0 heterocycles. The van der Waals surface area contributed by atoms with E-state index in [0.29, 0.717) is 5.92 Å². The zero-order valence-corrected chi connectivity index (χ0v) is 13.4. The standard InChI is InChI=1S/C18H23NS/c1-15(14-19(2)3)13-16-9-11-18(12-10-16)20-17-7-5-4-6-8-17/h4-12,15H,13-14H2,1-3H3. The third kappa shape index (κ3) is 5.03. The summed E-state index contributed by atoms with van der Waals surface area (Å²) in [6, 6.07) is 19.5. The van der Waals surface area contributed by atoms with E-state index in [4.69, 9.17) is 0 Å². The van der Waals surface area contributed by atoms with Gasteiger partial charge in [-0.1, -0.05) is 49.0 Å². The van der Waals surface area contributed by atoms with E-state index >= 15 is 0 Å². The number of hydrogen-bond acceptors (Lipinski definition) is 2. The van der Waals surface area contributed by atoms with Gasteiger partial charge in [-0.2, -0.15) is 0 Å². The first-order valence-electron chi connectivity index (χ1n) is 7.10. The van der Waals surface area contributed by atoms with Crippen molar-refractivity contribution in [1.29, 1.82) is 0 Å². The van der Waals surface area contributed by atoms with Crippen LogP contribution in [-0.4, -0.2) is 25.5 Å². The van der Waals surface area contributed by atoms with Gasteiger partial charge in [-0.3, -0.25) is 0 Å². The maximum Gasteiger partial charge on any atom is 0.0122 e. The van der Waals surface area contributed by atoms with Crippen LogP contribution in [0.3, 0.4) is 0 Å². The molecule has 0 radical (unpaired) electrons. The Bertz CT molecular complexity index is 505. The van der Waals surface area contributed by atoms with Gasteiger partial charge >= 0.3 is 0 Å². The van der Waals surface area contributed by atoms with Crippen molar-refractivity contribution in [3.63, 3.8) is 0 Å². The largest absolute Gasteiger partial charge is 0.309 e. The second-order valence-corrected chi connectivity index (χ2v) is 6.78. The lowest BCUT2D eigenvalue weighted by Crippen LogP contribution is -2.21. The molecule has 1 atom stereocenters. The molecular weight excluding hydrogens is 262 g/mol. The van der Waals surface area contributed by atoms with Crippen LogP contribution in [0.2, 0.25) is 0 Å². The highest BCUT2D eigenvalue weighted by molar-refractivity contribution is 7.99. The molecule has 2 rings (SSSR count). The van der Waals surface area contributed by atoms with Gasteiger partial charge in [-0.15, -0.1) is 0 Å². The van der Waals surface area contributed by atoms with Gasteiger partial charge < -0.3 is 4.90 Å². The minimum absolute atomic E-state index is 0.692. The third-order valence-electron chi connectivity index (χ3n) is 3.16. The molecule has 20 heavy (non-hydrogen) atoms. The van der Waals surface area contributed by atoms with Gasteiger partial charge in [0.05, 0.1) is 0 Å². The van der Waals surface area contributed by atoms with Crippen LogP contribution in [0.1, 0.15) is 12.5 Å². The smallest absolute Gasteiger partial charge is 0.0122 e. The number of benzene rings is 2. The summed E-state index contributed by atoms with van der Waals surface area (Å²) >= 11 is 1.82. The van der Waals surface area contributed by atoms with E-state index in [2.05, 4.69) is 80.5 Å². The molecule has 0 aliphatic carbocycles. The summed E-state index contributed by atoms with van der Waals surface area (Å²) in [4.78, 5) is 4.85. The minimum Gasteiger partial charge on any atom is -0.309 e. The van der Waals surface area contributed by atoms with Crippen LogP contribution in [0.4, 0.5) is 0 Å². The summed E-state index contributed by atoms with van der Waals surface area (Å²) in [5.41, 5.74) is 1.43. The van der Waals surface area contributed by atoms with Crippen molar-refractivity contribution in [2.24, 2.45) is 5.92 Å². The van der Waals surface area contributed by atoms with E-state index in [-0.39, 0.29) is 0 Å². The van der Waals surface area contributed by atoms with Crippen molar-refractivity contribution in [1.82, 2.24) is 4.90 Å². The molecule has 0 fully saturated rings. The van der Waals surface area contributed by atoms with Crippen LogP contribution in [0.5, 0.6) is 0 Å². The maximum atomic E-state index is 2.31. The zero-order valence-electron chi connectivity index (χ0n) is 12.5. The van der Waals surface area contributed by atoms with Crippen molar-refractivity contribution < 1.29 is 0 Å². The van der Waals surface area contributed by atoms with Crippen molar-refractivity contribution in [2.45, 2.75) is 23.1 Å². The molecule has 2 aromatic carbocycles. The highest BCUT2D eigenvalue weighted by atomic mass is 32.2.